The molecule has 1 atom stereocenters. The van der Waals surface area contributed by atoms with Crippen molar-refractivity contribution in [3.05, 3.63) is 65.4 Å². The number of likely N-dealkylation sites (tertiary alicyclic amines) is 1. The van der Waals surface area contributed by atoms with Crippen LogP contribution in [0.4, 0.5) is 0 Å². The van der Waals surface area contributed by atoms with Gasteiger partial charge in [0.15, 0.2) is 0 Å². The number of carbonyl (C=O) groups excluding carboxylic acids is 2. The van der Waals surface area contributed by atoms with Crippen LogP contribution in [0.3, 0.4) is 0 Å². The Labute approximate surface area is 212 Å². The maximum atomic E-state index is 13.4. The van der Waals surface area contributed by atoms with Crippen LogP contribution in [-0.2, 0) is 16.6 Å². The van der Waals surface area contributed by atoms with Crippen molar-refractivity contribution in [1.82, 2.24) is 24.6 Å². The van der Waals surface area contributed by atoms with Gasteiger partial charge in [0.25, 0.3) is 5.91 Å². The average molecular weight is 489 g/mol. The van der Waals surface area contributed by atoms with Crippen LogP contribution in [0.25, 0.3) is 5.65 Å². The zero-order valence-corrected chi connectivity index (χ0v) is 21.1. The van der Waals surface area contributed by atoms with E-state index >= 15 is 0 Å². The van der Waals surface area contributed by atoms with Gasteiger partial charge in [-0.05, 0) is 56.4 Å². The molecule has 0 bridgehead atoms. The maximum absolute atomic E-state index is 13.4. The molecule has 1 aliphatic carbocycles. The first-order valence-corrected chi connectivity index (χ1v) is 13.2. The molecule has 5 rings (SSSR count). The number of hydrogen-bond donors (Lipinski definition) is 2. The monoisotopic (exact) mass is 488 g/mol. The van der Waals surface area contributed by atoms with Crippen molar-refractivity contribution in [3.8, 4) is 0 Å². The third-order valence-electron chi connectivity index (χ3n) is 7.84. The van der Waals surface area contributed by atoms with E-state index in [9.17, 15) is 9.59 Å². The molecular weight excluding hydrogens is 452 g/mol. The molecule has 1 saturated carbocycles. The second-order valence-electron chi connectivity index (χ2n) is 10.5. The lowest BCUT2D eigenvalue weighted by Gasteiger charge is -2.38. The zero-order valence-electron chi connectivity index (χ0n) is 21.1. The number of piperidine rings is 1. The Bertz CT molecular complexity index is 1230. The van der Waals surface area contributed by atoms with Crippen molar-refractivity contribution in [3.63, 3.8) is 0 Å². The molecule has 8 heteroatoms. The summed E-state index contributed by atoms with van der Waals surface area (Å²) in [5.74, 6) is -0.103. The zero-order chi connectivity index (χ0) is 25.1. The quantitative estimate of drug-likeness (QED) is 0.555. The molecule has 1 saturated heterocycles. The molecule has 36 heavy (non-hydrogen) atoms. The van der Waals surface area contributed by atoms with Crippen LogP contribution in [0.1, 0.15) is 72.4 Å². The molecule has 4 heterocycles. The Morgan fingerprint density at radius 1 is 1.14 bits per heavy atom. The van der Waals surface area contributed by atoms with Crippen molar-refractivity contribution in [1.29, 1.82) is 0 Å². The smallest absolute Gasteiger partial charge is 0.268 e. The summed E-state index contributed by atoms with van der Waals surface area (Å²) >= 11 is 0. The second kappa shape index (κ2) is 10.4. The summed E-state index contributed by atoms with van der Waals surface area (Å²) in [6, 6.07) is 9.77. The minimum absolute atomic E-state index is 0.0329. The number of imidazole rings is 1. The largest absolute Gasteiger partial charge is 0.350 e. The highest BCUT2D eigenvalue weighted by Crippen LogP contribution is 2.38. The van der Waals surface area contributed by atoms with Crippen LogP contribution in [0, 0.1) is 6.92 Å². The van der Waals surface area contributed by atoms with Crippen LogP contribution >= 0.6 is 0 Å². The first kappa shape index (κ1) is 24.4. The molecule has 3 aromatic rings. The third-order valence-corrected chi connectivity index (χ3v) is 7.84. The molecule has 2 amide bonds. The normalized spacial score (nSPS) is 19.8. The van der Waals surface area contributed by atoms with Gasteiger partial charge < -0.3 is 16.0 Å². The van der Waals surface area contributed by atoms with Gasteiger partial charge in [-0.3, -0.25) is 19.0 Å². The van der Waals surface area contributed by atoms with E-state index in [0.717, 1.165) is 50.8 Å². The number of nitrogens with zero attached hydrogens (tertiary/aromatic N) is 4. The van der Waals surface area contributed by atoms with E-state index in [2.05, 4.69) is 27.4 Å². The second-order valence-corrected chi connectivity index (χ2v) is 10.5. The summed E-state index contributed by atoms with van der Waals surface area (Å²) in [5, 5.41) is 3.22. The number of aryl methyl sites for hydroxylation is 1. The lowest BCUT2D eigenvalue weighted by molar-refractivity contribution is -0.131. The lowest BCUT2D eigenvalue weighted by atomic mass is 9.69. The molecule has 0 unspecified atom stereocenters. The highest BCUT2D eigenvalue weighted by molar-refractivity contribution is 5.93. The summed E-state index contributed by atoms with van der Waals surface area (Å²) in [7, 11) is 0. The number of carbonyl (C=O) groups is 2. The van der Waals surface area contributed by atoms with Gasteiger partial charge in [0.05, 0.1) is 12.1 Å². The van der Waals surface area contributed by atoms with E-state index in [-0.39, 0.29) is 29.7 Å². The van der Waals surface area contributed by atoms with Crippen LogP contribution in [0.2, 0.25) is 0 Å². The number of aromatic nitrogens is 3. The van der Waals surface area contributed by atoms with Crippen molar-refractivity contribution in [2.24, 2.45) is 5.73 Å². The van der Waals surface area contributed by atoms with Gasteiger partial charge in [-0.1, -0.05) is 31.4 Å². The number of nitrogens with two attached hydrogens (primary N) is 1. The number of pyridine rings is 2. The van der Waals surface area contributed by atoms with Crippen molar-refractivity contribution >= 4 is 17.5 Å². The first-order chi connectivity index (χ1) is 17.4. The highest BCUT2D eigenvalue weighted by Gasteiger charge is 2.35. The van der Waals surface area contributed by atoms with E-state index < -0.39 is 0 Å². The van der Waals surface area contributed by atoms with E-state index in [4.69, 9.17) is 5.73 Å². The van der Waals surface area contributed by atoms with Gasteiger partial charge in [-0.2, -0.15) is 0 Å². The fraction of sp³-hybridized carbons (Fsp3) is 0.500. The third kappa shape index (κ3) is 5.14. The Hall–Kier alpha value is -3.26. The SMILES string of the molecule is Cc1ccc(C2(CNC(=O)c3cccc4nc(CC(=O)N5CCC[C@@H](N)C5)cn34)CCCCC2)cn1. The number of hydrogen-bond acceptors (Lipinski definition) is 5. The molecular formula is C28H36N6O2. The molecule has 0 aromatic carbocycles. The van der Waals surface area contributed by atoms with Crippen molar-refractivity contribution in [2.45, 2.75) is 69.7 Å². The molecule has 1 aliphatic heterocycles. The minimum Gasteiger partial charge on any atom is -0.350 e. The van der Waals surface area contributed by atoms with Crippen molar-refractivity contribution in [2.75, 3.05) is 19.6 Å². The average Bonchev–Trinajstić information content (AvgIpc) is 3.30. The van der Waals surface area contributed by atoms with Gasteiger partial charge in [0.1, 0.15) is 11.3 Å². The first-order valence-electron chi connectivity index (χ1n) is 13.2. The summed E-state index contributed by atoms with van der Waals surface area (Å²) < 4.78 is 1.79. The van der Waals surface area contributed by atoms with Gasteiger partial charge in [0.2, 0.25) is 5.91 Å². The standard InChI is InChI=1S/C28H36N6O2/c1-20-10-11-21(16-30-20)28(12-3-2-4-13-28)19-31-27(36)24-8-5-9-25-32-23(18-34(24)25)15-26(35)33-14-6-7-22(29)17-33/h5,8-11,16,18,22H,2-4,6-7,12-15,17,19,29H2,1H3,(H,31,36)/t22-/m1/s1. The molecule has 190 valence electrons. The summed E-state index contributed by atoms with van der Waals surface area (Å²) in [4.78, 5) is 37.2. The fourth-order valence-electron chi connectivity index (χ4n) is 5.75. The van der Waals surface area contributed by atoms with E-state index in [0.29, 0.717) is 30.1 Å². The number of nitrogens with one attached hydrogen (secondary N) is 1. The summed E-state index contributed by atoms with van der Waals surface area (Å²) in [6.45, 7) is 3.90. The number of rotatable bonds is 6. The van der Waals surface area contributed by atoms with Crippen molar-refractivity contribution < 1.29 is 9.59 Å². The molecule has 3 N–H and O–H groups in total. The molecule has 0 spiro atoms. The van der Waals surface area contributed by atoms with Crippen LogP contribution < -0.4 is 11.1 Å². The Morgan fingerprint density at radius 3 is 2.72 bits per heavy atom. The van der Waals surface area contributed by atoms with Crippen LogP contribution in [0.5, 0.6) is 0 Å². The van der Waals surface area contributed by atoms with Gasteiger partial charge >= 0.3 is 0 Å². The predicted molar refractivity (Wildman–Crippen MR) is 139 cm³/mol. The van der Waals surface area contributed by atoms with Gasteiger partial charge in [-0.15, -0.1) is 0 Å². The summed E-state index contributed by atoms with van der Waals surface area (Å²) in [6.07, 6.45) is 11.5. The highest BCUT2D eigenvalue weighted by atomic mass is 16.2. The Kier molecular flexibility index (Phi) is 7.05. The number of fused-ring (bicyclic) bond motifs is 1. The Morgan fingerprint density at radius 2 is 1.97 bits per heavy atom. The molecule has 2 fully saturated rings. The van der Waals surface area contributed by atoms with Gasteiger partial charge in [0, 0.05) is 49.2 Å². The Balaban J connectivity index is 1.32. The van der Waals surface area contributed by atoms with E-state index in [1.54, 1.807) is 10.5 Å². The molecule has 3 aromatic heterocycles. The van der Waals surface area contributed by atoms with Crippen LogP contribution in [0.15, 0.2) is 42.7 Å². The molecule has 8 nitrogen and oxygen atoms in total. The molecule has 2 aliphatic rings. The summed E-state index contributed by atoms with van der Waals surface area (Å²) in [5.41, 5.74) is 9.99. The predicted octanol–water partition coefficient (Wildman–Crippen LogP) is 3.16. The number of amides is 2. The molecule has 0 radical (unpaired) electrons. The van der Waals surface area contributed by atoms with E-state index in [1.165, 1.54) is 12.0 Å². The van der Waals surface area contributed by atoms with Crippen LogP contribution in [-0.4, -0.2) is 56.8 Å². The maximum Gasteiger partial charge on any atom is 0.268 e. The fourth-order valence-corrected chi connectivity index (χ4v) is 5.75. The lowest BCUT2D eigenvalue weighted by Crippen LogP contribution is -2.46. The topological polar surface area (TPSA) is 106 Å². The minimum atomic E-state index is -0.136. The van der Waals surface area contributed by atoms with Gasteiger partial charge in [-0.25, -0.2) is 4.98 Å². The van der Waals surface area contributed by atoms with E-state index in [1.807, 2.05) is 36.4 Å².